The number of amides is 5. The lowest BCUT2D eigenvalue weighted by molar-refractivity contribution is -0.145. The molecule has 3 unspecified atom stereocenters. The molecule has 190 valence electrons. The summed E-state index contributed by atoms with van der Waals surface area (Å²) in [6.45, 7) is 10.5. The Labute approximate surface area is 205 Å². The molecular formula is C23H36ClN5O5. The van der Waals surface area contributed by atoms with Crippen molar-refractivity contribution in [2.45, 2.75) is 65.6 Å². The highest BCUT2D eigenvalue weighted by atomic mass is 35.5. The third kappa shape index (κ3) is 5.01. The van der Waals surface area contributed by atoms with Crippen LogP contribution in [0.15, 0.2) is 0 Å². The minimum Gasteiger partial charge on any atom is -0.368 e. The van der Waals surface area contributed by atoms with E-state index in [1.165, 1.54) is 4.90 Å². The highest BCUT2D eigenvalue weighted by molar-refractivity contribution is 6.27. The van der Waals surface area contributed by atoms with E-state index in [-0.39, 0.29) is 41.4 Å². The number of fused-ring (bicyclic) bond motifs is 1. The predicted octanol–water partition coefficient (Wildman–Crippen LogP) is -0.265. The Bertz CT molecular complexity index is 885. The molecule has 0 aromatic carbocycles. The molecule has 0 bridgehead atoms. The van der Waals surface area contributed by atoms with Gasteiger partial charge in [0.15, 0.2) is 0 Å². The number of nitrogens with one attached hydrogen (secondary N) is 3. The molecule has 2 aliphatic heterocycles. The number of primary amides is 1. The van der Waals surface area contributed by atoms with Crippen LogP contribution in [0.4, 0.5) is 0 Å². The summed E-state index contributed by atoms with van der Waals surface area (Å²) in [5, 5.41) is 8.13. The average Bonchev–Trinajstić information content (AvgIpc) is 3.10. The van der Waals surface area contributed by atoms with Gasteiger partial charge in [-0.3, -0.25) is 24.0 Å². The van der Waals surface area contributed by atoms with Crippen molar-refractivity contribution >= 4 is 41.1 Å². The third-order valence-corrected chi connectivity index (χ3v) is 7.89. The number of carbonyl (C=O) groups is 5. The van der Waals surface area contributed by atoms with Gasteiger partial charge in [-0.25, -0.2) is 0 Å². The molecule has 2 heterocycles. The summed E-state index contributed by atoms with van der Waals surface area (Å²) in [7, 11) is 0. The number of hydrogen-bond acceptors (Lipinski definition) is 5. The van der Waals surface area contributed by atoms with E-state index in [1.54, 1.807) is 0 Å². The fourth-order valence-electron chi connectivity index (χ4n) is 5.49. The van der Waals surface area contributed by atoms with E-state index in [4.69, 9.17) is 17.3 Å². The number of alkyl halides is 1. The number of rotatable bonds is 8. The van der Waals surface area contributed by atoms with Gasteiger partial charge >= 0.3 is 0 Å². The summed E-state index contributed by atoms with van der Waals surface area (Å²) in [6.07, 6.45) is 0.680. The number of nitrogens with zero attached hydrogens (tertiary/aromatic N) is 1. The summed E-state index contributed by atoms with van der Waals surface area (Å²) in [4.78, 5) is 64.7. The Morgan fingerprint density at radius 3 is 2.38 bits per heavy atom. The molecule has 11 heteroatoms. The van der Waals surface area contributed by atoms with Crippen LogP contribution in [0.5, 0.6) is 0 Å². The lowest BCUT2D eigenvalue weighted by Gasteiger charge is -2.37. The zero-order valence-corrected chi connectivity index (χ0v) is 21.2. The van der Waals surface area contributed by atoms with E-state index in [9.17, 15) is 24.0 Å². The lowest BCUT2D eigenvalue weighted by atomic mass is 9.85. The summed E-state index contributed by atoms with van der Waals surface area (Å²) in [5.41, 5.74) is 4.80. The van der Waals surface area contributed by atoms with E-state index in [1.807, 2.05) is 20.8 Å². The van der Waals surface area contributed by atoms with E-state index in [2.05, 4.69) is 29.8 Å². The molecule has 3 fully saturated rings. The van der Waals surface area contributed by atoms with Crippen LogP contribution in [0.3, 0.4) is 0 Å². The van der Waals surface area contributed by atoms with E-state index in [0.29, 0.717) is 19.5 Å². The maximum absolute atomic E-state index is 13.6. The maximum Gasteiger partial charge on any atom is 0.246 e. The Hall–Kier alpha value is -2.36. The van der Waals surface area contributed by atoms with Crippen molar-refractivity contribution in [1.29, 1.82) is 0 Å². The van der Waals surface area contributed by atoms with Crippen molar-refractivity contribution in [3.05, 3.63) is 0 Å². The van der Waals surface area contributed by atoms with Gasteiger partial charge in [0.05, 0.1) is 0 Å². The first kappa shape index (κ1) is 26.2. The molecule has 3 aliphatic rings. The highest BCUT2D eigenvalue weighted by Gasteiger charge is 2.69. The molecule has 0 aromatic heterocycles. The van der Waals surface area contributed by atoms with Crippen LogP contribution in [0.2, 0.25) is 0 Å². The molecule has 6 atom stereocenters. The first-order valence-corrected chi connectivity index (χ1v) is 12.3. The highest BCUT2D eigenvalue weighted by Crippen LogP contribution is 2.65. The summed E-state index contributed by atoms with van der Waals surface area (Å²) >= 11 is 5.65. The molecule has 0 radical (unpaired) electrons. The fraction of sp³-hybridized carbons (Fsp3) is 0.783. The van der Waals surface area contributed by atoms with Gasteiger partial charge in [0, 0.05) is 19.0 Å². The van der Waals surface area contributed by atoms with Crippen LogP contribution in [-0.2, 0) is 24.0 Å². The molecule has 10 nitrogen and oxygen atoms in total. The van der Waals surface area contributed by atoms with Crippen LogP contribution >= 0.6 is 11.6 Å². The molecule has 1 aliphatic carbocycles. The predicted molar refractivity (Wildman–Crippen MR) is 125 cm³/mol. The normalized spacial score (nSPS) is 29.0. The Morgan fingerprint density at radius 1 is 1.24 bits per heavy atom. The molecule has 0 spiro atoms. The van der Waals surface area contributed by atoms with Gasteiger partial charge in [0.25, 0.3) is 0 Å². The molecule has 2 saturated heterocycles. The number of likely N-dealkylation sites (tertiary alicyclic amines) is 1. The van der Waals surface area contributed by atoms with E-state index >= 15 is 0 Å². The second kappa shape index (κ2) is 9.36. The van der Waals surface area contributed by atoms with Gasteiger partial charge in [-0.2, -0.15) is 0 Å². The van der Waals surface area contributed by atoms with Crippen molar-refractivity contribution < 1.29 is 24.0 Å². The van der Waals surface area contributed by atoms with Crippen LogP contribution in [0.1, 0.15) is 47.5 Å². The van der Waals surface area contributed by atoms with Gasteiger partial charge in [0.2, 0.25) is 29.5 Å². The van der Waals surface area contributed by atoms with Gasteiger partial charge in [-0.15, -0.1) is 11.6 Å². The molecule has 5 N–H and O–H groups in total. The summed E-state index contributed by atoms with van der Waals surface area (Å²) < 4.78 is 0. The topological polar surface area (TPSA) is 151 Å². The van der Waals surface area contributed by atoms with Crippen LogP contribution < -0.4 is 21.7 Å². The minimum atomic E-state index is -1.02. The quantitative estimate of drug-likeness (QED) is 0.340. The Kier molecular flexibility index (Phi) is 7.22. The molecule has 5 amide bonds. The maximum atomic E-state index is 13.6. The summed E-state index contributed by atoms with van der Waals surface area (Å²) in [6, 6.07) is -2.69. The van der Waals surface area contributed by atoms with Crippen LogP contribution in [0, 0.1) is 28.6 Å². The monoisotopic (exact) mass is 497 g/mol. The van der Waals surface area contributed by atoms with Gasteiger partial charge in [-0.05, 0) is 35.5 Å². The largest absolute Gasteiger partial charge is 0.368 e. The second-order valence-electron chi connectivity index (χ2n) is 11.4. The van der Waals surface area contributed by atoms with Crippen LogP contribution in [0.25, 0.3) is 0 Å². The minimum absolute atomic E-state index is 0.0795. The molecule has 34 heavy (non-hydrogen) atoms. The number of halogens is 1. The second-order valence-corrected chi connectivity index (χ2v) is 11.6. The Balaban J connectivity index is 1.82. The van der Waals surface area contributed by atoms with Crippen molar-refractivity contribution in [1.82, 2.24) is 20.9 Å². The van der Waals surface area contributed by atoms with Crippen molar-refractivity contribution in [2.75, 3.05) is 19.0 Å². The van der Waals surface area contributed by atoms with E-state index in [0.717, 1.165) is 0 Å². The van der Waals surface area contributed by atoms with Crippen molar-refractivity contribution in [2.24, 2.45) is 34.3 Å². The number of piperidine rings is 1. The lowest BCUT2D eigenvalue weighted by Crippen LogP contribution is -2.60. The van der Waals surface area contributed by atoms with Crippen molar-refractivity contribution in [3.63, 3.8) is 0 Å². The first-order chi connectivity index (χ1) is 15.7. The van der Waals surface area contributed by atoms with Gasteiger partial charge < -0.3 is 26.6 Å². The van der Waals surface area contributed by atoms with Gasteiger partial charge in [-0.1, -0.05) is 34.6 Å². The first-order valence-electron chi connectivity index (χ1n) is 11.7. The standard InChI is InChI=1S/C23H36ClN5O5/c1-22(2,3)17(28-14(30)9-24)21(34)29-10-12-15(23(12,4)5)16(29)20(33)27-13(18(25)31)8-11-6-7-26-19(11)32/h11-13,15-17H,6-10H2,1-5H3,(H2,25,31)(H,26,32)(H,27,33)(H,28,30)/t11-,12?,13-,15?,16?,17+/m0/s1. The van der Waals surface area contributed by atoms with E-state index < -0.39 is 47.2 Å². The smallest absolute Gasteiger partial charge is 0.246 e. The number of nitrogens with two attached hydrogens (primary N) is 1. The fourth-order valence-corrected chi connectivity index (χ4v) is 5.56. The SMILES string of the molecule is CC1(C)C2CN(C(=O)[C@@H](NC(=O)CCl)C(C)(C)C)C(C(=O)N[C@@H](C[C@@H]3CCNC3=O)C(N)=O)C21. The van der Waals surface area contributed by atoms with Crippen LogP contribution in [-0.4, -0.2) is 71.5 Å². The van der Waals surface area contributed by atoms with Crippen molar-refractivity contribution in [3.8, 4) is 0 Å². The summed E-state index contributed by atoms with van der Waals surface area (Å²) in [5.74, 6) is -2.82. The third-order valence-electron chi connectivity index (χ3n) is 7.64. The zero-order chi connectivity index (χ0) is 25.6. The molecule has 3 rings (SSSR count). The number of carbonyl (C=O) groups excluding carboxylic acids is 5. The molecule has 0 aromatic rings. The molecule has 1 saturated carbocycles. The number of hydrogen-bond donors (Lipinski definition) is 4. The molecular weight excluding hydrogens is 462 g/mol. The average molecular weight is 498 g/mol. The van der Waals surface area contributed by atoms with Gasteiger partial charge in [0.1, 0.15) is 24.0 Å². The zero-order valence-electron chi connectivity index (χ0n) is 20.4. The Morgan fingerprint density at radius 2 is 1.88 bits per heavy atom.